The summed E-state index contributed by atoms with van der Waals surface area (Å²) < 4.78 is 1.80. The molecule has 0 spiro atoms. The monoisotopic (exact) mass is 239 g/mol. The van der Waals surface area contributed by atoms with Gasteiger partial charge < -0.3 is 10.8 Å². The van der Waals surface area contributed by atoms with Crippen LogP contribution < -0.4 is 5.73 Å². The van der Waals surface area contributed by atoms with E-state index in [1.807, 2.05) is 37.4 Å². The van der Waals surface area contributed by atoms with Gasteiger partial charge in [0.2, 0.25) is 0 Å². The van der Waals surface area contributed by atoms with Crippen LogP contribution in [0, 0.1) is 0 Å². The van der Waals surface area contributed by atoms with Gasteiger partial charge in [-0.3, -0.25) is 4.68 Å². The molecular weight excluding hydrogens is 226 g/mol. The maximum absolute atomic E-state index is 9.58. The van der Waals surface area contributed by atoms with Crippen molar-refractivity contribution in [3.05, 3.63) is 42.5 Å². The van der Waals surface area contributed by atoms with Crippen LogP contribution in [-0.4, -0.2) is 14.9 Å². The standard InChI is InChI=1S/C14H13N3O/c1-17-14(9-3-2-4-11(18)7-9)12-8-10(15)5-6-13(12)16-17/h2-8,18H,15H2,1H3. The van der Waals surface area contributed by atoms with Gasteiger partial charge in [0.15, 0.2) is 0 Å². The van der Waals surface area contributed by atoms with Gasteiger partial charge >= 0.3 is 0 Å². The van der Waals surface area contributed by atoms with Crippen molar-refractivity contribution in [2.24, 2.45) is 7.05 Å². The topological polar surface area (TPSA) is 64.1 Å². The zero-order valence-corrected chi connectivity index (χ0v) is 9.96. The van der Waals surface area contributed by atoms with E-state index in [0.29, 0.717) is 5.69 Å². The van der Waals surface area contributed by atoms with Crippen molar-refractivity contribution in [2.75, 3.05) is 5.73 Å². The lowest BCUT2D eigenvalue weighted by molar-refractivity contribution is 0.475. The summed E-state index contributed by atoms with van der Waals surface area (Å²) in [6.45, 7) is 0. The molecule has 0 amide bonds. The molecule has 1 heterocycles. The number of rotatable bonds is 1. The fourth-order valence-corrected chi connectivity index (χ4v) is 2.21. The highest BCUT2D eigenvalue weighted by Crippen LogP contribution is 2.30. The van der Waals surface area contributed by atoms with Gasteiger partial charge in [0, 0.05) is 23.7 Å². The molecule has 1 aromatic heterocycles. The average molecular weight is 239 g/mol. The third-order valence-corrected chi connectivity index (χ3v) is 2.98. The van der Waals surface area contributed by atoms with Gasteiger partial charge in [-0.05, 0) is 30.3 Å². The third kappa shape index (κ3) is 1.59. The fourth-order valence-electron chi connectivity index (χ4n) is 2.21. The predicted molar refractivity (Wildman–Crippen MR) is 72.2 cm³/mol. The van der Waals surface area contributed by atoms with E-state index in [1.165, 1.54) is 0 Å². The Morgan fingerprint density at radius 2 is 2.00 bits per heavy atom. The lowest BCUT2D eigenvalue weighted by Crippen LogP contribution is -1.93. The highest BCUT2D eigenvalue weighted by molar-refractivity contribution is 5.95. The molecule has 0 unspecified atom stereocenters. The second-order valence-corrected chi connectivity index (χ2v) is 4.30. The lowest BCUT2D eigenvalue weighted by Gasteiger charge is -2.03. The summed E-state index contributed by atoms with van der Waals surface area (Å²) in [5, 5.41) is 15.0. The number of benzene rings is 2. The zero-order valence-electron chi connectivity index (χ0n) is 9.96. The first-order chi connectivity index (χ1) is 8.65. The summed E-state index contributed by atoms with van der Waals surface area (Å²) in [4.78, 5) is 0. The second kappa shape index (κ2) is 3.77. The Morgan fingerprint density at radius 3 is 2.78 bits per heavy atom. The van der Waals surface area contributed by atoms with E-state index in [-0.39, 0.29) is 5.75 Å². The molecule has 3 rings (SSSR count). The van der Waals surface area contributed by atoms with Crippen LogP contribution >= 0.6 is 0 Å². The minimum absolute atomic E-state index is 0.241. The number of hydrogen-bond acceptors (Lipinski definition) is 3. The largest absolute Gasteiger partial charge is 0.508 e. The second-order valence-electron chi connectivity index (χ2n) is 4.30. The first-order valence-corrected chi connectivity index (χ1v) is 5.67. The smallest absolute Gasteiger partial charge is 0.116 e. The number of aromatic nitrogens is 2. The van der Waals surface area contributed by atoms with E-state index in [4.69, 9.17) is 5.73 Å². The number of aromatic hydroxyl groups is 1. The Balaban J connectivity index is 2.34. The Morgan fingerprint density at radius 1 is 1.17 bits per heavy atom. The number of anilines is 1. The fraction of sp³-hybridized carbons (Fsp3) is 0.0714. The minimum atomic E-state index is 0.241. The number of aryl methyl sites for hydroxylation is 1. The molecule has 3 aromatic rings. The molecule has 0 aliphatic rings. The number of nitrogen functional groups attached to an aromatic ring is 1. The van der Waals surface area contributed by atoms with Crippen molar-refractivity contribution < 1.29 is 5.11 Å². The average Bonchev–Trinajstić information content (AvgIpc) is 2.64. The quantitative estimate of drug-likeness (QED) is 0.641. The van der Waals surface area contributed by atoms with E-state index < -0.39 is 0 Å². The molecule has 3 N–H and O–H groups in total. The summed E-state index contributed by atoms with van der Waals surface area (Å²) in [5.74, 6) is 0.241. The molecule has 0 saturated carbocycles. The van der Waals surface area contributed by atoms with Gasteiger partial charge in [0.1, 0.15) is 5.75 Å². The molecule has 0 saturated heterocycles. The predicted octanol–water partition coefficient (Wildman–Crippen LogP) is 2.53. The van der Waals surface area contributed by atoms with Crippen LogP contribution in [0.5, 0.6) is 5.75 Å². The number of phenolic OH excluding ortho intramolecular Hbond substituents is 1. The zero-order chi connectivity index (χ0) is 12.7. The molecule has 18 heavy (non-hydrogen) atoms. The minimum Gasteiger partial charge on any atom is -0.508 e. The first kappa shape index (κ1) is 10.7. The van der Waals surface area contributed by atoms with Crippen molar-refractivity contribution in [1.82, 2.24) is 9.78 Å². The van der Waals surface area contributed by atoms with Gasteiger partial charge in [-0.2, -0.15) is 5.10 Å². The summed E-state index contributed by atoms with van der Waals surface area (Å²) in [6.07, 6.45) is 0. The van der Waals surface area contributed by atoms with Crippen molar-refractivity contribution in [3.8, 4) is 17.0 Å². The molecular formula is C14H13N3O. The van der Waals surface area contributed by atoms with Crippen LogP contribution in [0.25, 0.3) is 22.2 Å². The Kier molecular flexibility index (Phi) is 2.23. The van der Waals surface area contributed by atoms with Crippen molar-refractivity contribution in [3.63, 3.8) is 0 Å². The van der Waals surface area contributed by atoms with E-state index in [1.54, 1.807) is 16.8 Å². The summed E-state index contributed by atoms with van der Waals surface area (Å²) >= 11 is 0. The maximum atomic E-state index is 9.58. The number of fused-ring (bicyclic) bond motifs is 1. The molecule has 2 aromatic carbocycles. The Hall–Kier alpha value is -2.49. The molecule has 0 aliphatic carbocycles. The normalized spacial score (nSPS) is 10.9. The van der Waals surface area contributed by atoms with Gasteiger partial charge in [-0.15, -0.1) is 0 Å². The Labute approximate surface area is 104 Å². The number of hydrogen-bond donors (Lipinski definition) is 2. The van der Waals surface area contributed by atoms with E-state index in [2.05, 4.69) is 5.10 Å². The number of nitrogens with zero attached hydrogens (tertiary/aromatic N) is 2. The maximum Gasteiger partial charge on any atom is 0.116 e. The van der Waals surface area contributed by atoms with Gasteiger partial charge in [-0.1, -0.05) is 12.1 Å². The molecule has 0 bridgehead atoms. The van der Waals surface area contributed by atoms with Crippen LogP contribution in [0.15, 0.2) is 42.5 Å². The van der Waals surface area contributed by atoms with E-state index >= 15 is 0 Å². The molecule has 0 fully saturated rings. The summed E-state index contributed by atoms with van der Waals surface area (Å²) in [5.41, 5.74) is 9.30. The number of nitrogens with two attached hydrogens (primary N) is 1. The highest BCUT2D eigenvalue weighted by atomic mass is 16.3. The molecule has 0 atom stereocenters. The molecule has 0 aliphatic heterocycles. The van der Waals surface area contributed by atoms with Crippen molar-refractivity contribution in [1.29, 1.82) is 0 Å². The molecule has 4 nitrogen and oxygen atoms in total. The van der Waals surface area contributed by atoms with Gasteiger partial charge in [-0.25, -0.2) is 0 Å². The summed E-state index contributed by atoms with van der Waals surface area (Å²) in [7, 11) is 1.88. The Bertz CT molecular complexity index is 731. The van der Waals surface area contributed by atoms with E-state index in [9.17, 15) is 5.11 Å². The molecule has 0 radical (unpaired) electrons. The van der Waals surface area contributed by atoms with Crippen LogP contribution in [0.2, 0.25) is 0 Å². The molecule has 90 valence electrons. The van der Waals surface area contributed by atoms with Crippen LogP contribution in [0.1, 0.15) is 0 Å². The lowest BCUT2D eigenvalue weighted by atomic mass is 10.1. The van der Waals surface area contributed by atoms with Crippen molar-refractivity contribution >= 4 is 16.6 Å². The number of phenols is 1. The van der Waals surface area contributed by atoms with Gasteiger partial charge in [0.25, 0.3) is 0 Å². The van der Waals surface area contributed by atoms with E-state index in [0.717, 1.165) is 22.2 Å². The molecule has 4 heteroatoms. The SMILES string of the molecule is Cn1nc2ccc(N)cc2c1-c1cccc(O)c1. The first-order valence-electron chi connectivity index (χ1n) is 5.67. The van der Waals surface area contributed by atoms with Crippen molar-refractivity contribution in [2.45, 2.75) is 0 Å². The van der Waals surface area contributed by atoms with Crippen LogP contribution in [0.3, 0.4) is 0 Å². The van der Waals surface area contributed by atoms with Crippen LogP contribution in [0.4, 0.5) is 5.69 Å². The third-order valence-electron chi connectivity index (χ3n) is 2.98. The summed E-state index contributed by atoms with van der Waals surface area (Å²) in [6, 6.07) is 12.8. The highest BCUT2D eigenvalue weighted by Gasteiger charge is 2.11. The van der Waals surface area contributed by atoms with Crippen LogP contribution in [-0.2, 0) is 7.05 Å². The van der Waals surface area contributed by atoms with Gasteiger partial charge in [0.05, 0.1) is 11.2 Å².